The number of hydrogen-bond donors (Lipinski definition) is 1. The molecule has 3 rings (SSSR count). The van der Waals surface area contributed by atoms with Crippen LogP contribution in [0.3, 0.4) is 0 Å². The van der Waals surface area contributed by atoms with Crippen LogP contribution < -0.4 is 15.0 Å². The average Bonchev–Trinajstić information content (AvgIpc) is 2.66. The van der Waals surface area contributed by atoms with Crippen molar-refractivity contribution in [3.63, 3.8) is 0 Å². The number of carbonyl (C=O) groups excluding carboxylic acids is 1. The third-order valence-electron chi connectivity index (χ3n) is 4.96. The summed E-state index contributed by atoms with van der Waals surface area (Å²) in [5.41, 5.74) is 2.34. The second kappa shape index (κ2) is 9.14. The molecule has 2 aromatic carbocycles. The number of nitrogens with zero attached hydrogens (tertiary/aromatic N) is 1. The fourth-order valence-corrected chi connectivity index (χ4v) is 3.65. The average molecular weight is 387 g/mol. The quantitative estimate of drug-likeness (QED) is 0.772. The molecule has 1 fully saturated rings. The van der Waals surface area contributed by atoms with E-state index in [1.165, 1.54) is 18.5 Å². The summed E-state index contributed by atoms with van der Waals surface area (Å²) in [6.07, 6.45) is 2.57. The Labute approximate surface area is 166 Å². The van der Waals surface area contributed by atoms with E-state index in [0.29, 0.717) is 10.8 Å². The van der Waals surface area contributed by atoms with Crippen molar-refractivity contribution in [2.45, 2.75) is 32.7 Å². The van der Waals surface area contributed by atoms with Crippen LogP contribution in [-0.2, 0) is 4.79 Å². The van der Waals surface area contributed by atoms with Crippen molar-refractivity contribution < 1.29 is 9.53 Å². The van der Waals surface area contributed by atoms with Gasteiger partial charge in [-0.2, -0.15) is 0 Å². The molecule has 5 heteroatoms. The van der Waals surface area contributed by atoms with E-state index in [2.05, 4.69) is 41.4 Å². The number of rotatable bonds is 6. The molecule has 0 bridgehead atoms. The second-order valence-electron chi connectivity index (χ2n) is 7.32. The summed E-state index contributed by atoms with van der Waals surface area (Å²) < 4.78 is 5.49. The van der Waals surface area contributed by atoms with E-state index in [1.807, 2.05) is 6.92 Å². The molecule has 1 N–H and O–H groups in total. The Hall–Kier alpha value is -2.20. The molecule has 0 radical (unpaired) electrons. The minimum absolute atomic E-state index is 0.0333. The van der Waals surface area contributed by atoms with Gasteiger partial charge < -0.3 is 15.0 Å². The maximum Gasteiger partial charge on any atom is 0.258 e. The normalized spacial score (nSPS) is 18.0. The highest BCUT2D eigenvalue weighted by molar-refractivity contribution is 6.30. The zero-order valence-electron chi connectivity index (χ0n) is 16.0. The van der Waals surface area contributed by atoms with Gasteiger partial charge in [-0.05, 0) is 61.6 Å². The molecule has 144 valence electrons. The van der Waals surface area contributed by atoms with E-state index < -0.39 is 0 Å². The van der Waals surface area contributed by atoms with Crippen molar-refractivity contribution in [3.8, 4) is 5.75 Å². The molecule has 2 aromatic rings. The van der Waals surface area contributed by atoms with Crippen LogP contribution in [0.4, 0.5) is 5.69 Å². The van der Waals surface area contributed by atoms with Crippen LogP contribution >= 0.6 is 11.6 Å². The highest BCUT2D eigenvalue weighted by atomic mass is 35.5. The number of halogens is 1. The molecule has 1 heterocycles. The third kappa shape index (κ3) is 5.64. The van der Waals surface area contributed by atoms with E-state index in [9.17, 15) is 4.79 Å². The van der Waals surface area contributed by atoms with Crippen molar-refractivity contribution in [1.82, 2.24) is 5.32 Å². The van der Waals surface area contributed by atoms with Crippen molar-refractivity contribution in [2.24, 2.45) is 5.92 Å². The number of piperidine rings is 1. The molecular formula is C22H27ClN2O2. The van der Waals surface area contributed by atoms with Crippen LogP contribution in [0.15, 0.2) is 48.5 Å². The van der Waals surface area contributed by atoms with Gasteiger partial charge in [0.05, 0.1) is 6.04 Å². The number of nitrogens with one attached hydrogen (secondary N) is 1. The lowest BCUT2D eigenvalue weighted by Gasteiger charge is -2.33. The first-order valence-corrected chi connectivity index (χ1v) is 9.91. The summed E-state index contributed by atoms with van der Waals surface area (Å²) in [6.45, 7) is 6.50. The molecule has 0 saturated carbocycles. The lowest BCUT2D eigenvalue weighted by atomic mass is 9.99. The van der Waals surface area contributed by atoms with Gasteiger partial charge in [-0.25, -0.2) is 0 Å². The van der Waals surface area contributed by atoms with Crippen LogP contribution in [0.1, 0.15) is 38.3 Å². The van der Waals surface area contributed by atoms with E-state index >= 15 is 0 Å². The Morgan fingerprint density at radius 3 is 2.78 bits per heavy atom. The van der Waals surface area contributed by atoms with E-state index in [0.717, 1.165) is 24.6 Å². The molecule has 27 heavy (non-hydrogen) atoms. The molecule has 2 atom stereocenters. The number of ether oxygens (including phenoxy) is 1. The molecule has 0 aromatic heterocycles. The van der Waals surface area contributed by atoms with Gasteiger partial charge in [-0.3, -0.25) is 4.79 Å². The monoisotopic (exact) mass is 386 g/mol. The lowest BCUT2D eigenvalue weighted by molar-refractivity contribution is -0.123. The Balaban J connectivity index is 1.51. The predicted molar refractivity (Wildman–Crippen MR) is 111 cm³/mol. The predicted octanol–water partition coefficient (Wildman–Crippen LogP) is 4.83. The Kier molecular flexibility index (Phi) is 6.62. The minimum Gasteiger partial charge on any atom is -0.484 e. The summed E-state index contributed by atoms with van der Waals surface area (Å²) in [5.74, 6) is 1.18. The topological polar surface area (TPSA) is 41.6 Å². The molecule has 1 amide bonds. The SMILES string of the molecule is C[C@H]1CCCN(c2ccc([C@@H](C)NC(=O)COc3cccc(Cl)c3)cc2)C1. The molecule has 0 aliphatic carbocycles. The summed E-state index contributed by atoms with van der Waals surface area (Å²) in [7, 11) is 0. The van der Waals surface area contributed by atoms with Crippen LogP contribution in [0.5, 0.6) is 5.75 Å². The van der Waals surface area contributed by atoms with Gasteiger partial charge in [0.2, 0.25) is 0 Å². The fraction of sp³-hybridized carbons (Fsp3) is 0.409. The van der Waals surface area contributed by atoms with Gasteiger partial charge in [0.1, 0.15) is 5.75 Å². The summed E-state index contributed by atoms with van der Waals surface area (Å²) in [6, 6.07) is 15.5. The largest absolute Gasteiger partial charge is 0.484 e. The summed E-state index contributed by atoms with van der Waals surface area (Å²) >= 11 is 5.92. The van der Waals surface area contributed by atoms with Gasteiger partial charge in [0.15, 0.2) is 6.61 Å². The highest BCUT2D eigenvalue weighted by Crippen LogP contribution is 2.24. The van der Waals surface area contributed by atoms with Gasteiger partial charge >= 0.3 is 0 Å². The fourth-order valence-electron chi connectivity index (χ4n) is 3.47. The van der Waals surface area contributed by atoms with Gasteiger partial charge in [0.25, 0.3) is 5.91 Å². The molecular weight excluding hydrogens is 360 g/mol. The third-order valence-corrected chi connectivity index (χ3v) is 5.19. The van der Waals surface area contributed by atoms with E-state index in [-0.39, 0.29) is 18.6 Å². The highest BCUT2D eigenvalue weighted by Gasteiger charge is 2.17. The minimum atomic E-state index is -0.156. The van der Waals surface area contributed by atoms with Crippen LogP contribution in [0.2, 0.25) is 5.02 Å². The zero-order chi connectivity index (χ0) is 19.2. The Bertz CT molecular complexity index is 763. The number of hydrogen-bond acceptors (Lipinski definition) is 3. The first kappa shape index (κ1) is 19.6. The standard InChI is InChI=1S/C22H27ClN2O2/c1-16-5-4-12-25(14-16)20-10-8-18(9-11-20)17(2)24-22(26)15-27-21-7-3-6-19(23)13-21/h3,6-11,13,16-17H,4-5,12,14-15H2,1-2H3,(H,24,26)/t16-,17+/m0/s1. The van der Waals surface area contributed by atoms with Crippen LogP contribution in [-0.4, -0.2) is 25.6 Å². The maximum absolute atomic E-state index is 12.2. The Morgan fingerprint density at radius 2 is 2.07 bits per heavy atom. The van der Waals surface area contributed by atoms with Crippen LogP contribution in [0, 0.1) is 5.92 Å². The first-order chi connectivity index (χ1) is 13.0. The smallest absolute Gasteiger partial charge is 0.258 e. The van der Waals surface area contributed by atoms with Crippen LogP contribution in [0.25, 0.3) is 0 Å². The Morgan fingerprint density at radius 1 is 1.30 bits per heavy atom. The summed E-state index contributed by atoms with van der Waals surface area (Å²) in [5, 5.41) is 3.56. The first-order valence-electron chi connectivity index (χ1n) is 9.54. The molecule has 4 nitrogen and oxygen atoms in total. The van der Waals surface area contributed by atoms with Crippen molar-refractivity contribution in [1.29, 1.82) is 0 Å². The number of carbonyl (C=O) groups is 1. The zero-order valence-corrected chi connectivity index (χ0v) is 16.7. The molecule has 0 unspecified atom stereocenters. The summed E-state index contributed by atoms with van der Waals surface area (Å²) in [4.78, 5) is 14.6. The van der Waals surface area contributed by atoms with Crippen molar-refractivity contribution in [3.05, 3.63) is 59.1 Å². The lowest BCUT2D eigenvalue weighted by Crippen LogP contribution is -2.34. The van der Waals surface area contributed by atoms with Gasteiger partial charge in [-0.15, -0.1) is 0 Å². The number of benzene rings is 2. The maximum atomic E-state index is 12.2. The second-order valence-corrected chi connectivity index (χ2v) is 7.76. The van der Waals surface area contributed by atoms with E-state index in [4.69, 9.17) is 16.3 Å². The number of anilines is 1. The van der Waals surface area contributed by atoms with Crippen molar-refractivity contribution >= 4 is 23.2 Å². The van der Waals surface area contributed by atoms with Gasteiger partial charge in [0, 0.05) is 23.8 Å². The molecule has 1 aliphatic heterocycles. The van der Waals surface area contributed by atoms with Crippen molar-refractivity contribution in [2.75, 3.05) is 24.6 Å². The molecule has 0 spiro atoms. The molecule has 1 saturated heterocycles. The number of amides is 1. The van der Waals surface area contributed by atoms with Gasteiger partial charge in [-0.1, -0.05) is 36.7 Å². The molecule has 1 aliphatic rings. The van der Waals surface area contributed by atoms with E-state index in [1.54, 1.807) is 24.3 Å².